The van der Waals surface area contributed by atoms with Crippen LogP contribution in [0.3, 0.4) is 0 Å². The van der Waals surface area contributed by atoms with Crippen molar-refractivity contribution in [2.75, 3.05) is 25.6 Å². The first-order valence-electron chi connectivity index (χ1n) is 10.3. The summed E-state index contributed by atoms with van der Waals surface area (Å²) in [5, 5.41) is 7.21. The lowest BCUT2D eigenvalue weighted by Gasteiger charge is -2.13. The summed E-state index contributed by atoms with van der Waals surface area (Å²) in [6, 6.07) is 3.61. The number of hydrogen-bond donors (Lipinski definition) is 2. The fraction of sp³-hybridized carbons (Fsp3) is 0.409. The van der Waals surface area contributed by atoms with E-state index in [-0.39, 0.29) is 11.8 Å². The van der Waals surface area contributed by atoms with Crippen LogP contribution in [0.25, 0.3) is 10.8 Å². The number of nitrogens with one attached hydrogen (secondary N) is 2. The first kappa shape index (κ1) is 21.7. The van der Waals surface area contributed by atoms with Crippen molar-refractivity contribution in [2.45, 2.75) is 39.0 Å². The lowest BCUT2D eigenvalue weighted by atomic mass is 9.95. The second kappa shape index (κ2) is 9.76. The normalized spacial score (nSPS) is 13.1. The van der Waals surface area contributed by atoms with Gasteiger partial charge >= 0.3 is 0 Å². The van der Waals surface area contributed by atoms with E-state index in [0.29, 0.717) is 40.2 Å². The van der Waals surface area contributed by atoms with E-state index < -0.39 is 0 Å². The molecule has 31 heavy (non-hydrogen) atoms. The largest absolute Gasteiger partial charge is 0.462 e. The molecule has 4 rings (SSSR count). The monoisotopic (exact) mass is 459 g/mol. The Hall–Kier alpha value is -2.49. The van der Waals surface area contributed by atoms with Gasteiger partial charge in [-0.2, -0.15) is 0 Å². The Morgan fingerprint density at radius 3 is 2.84 bits per heavy atom. The zero-order valence-electron chi connectivity index (χ0n) is 17.6. The topological polar surface area (TPSA) is 93.5 Å². The molecule has 3 heterocycles. The fourth-order valence-corrected chi connectivity index (χ4v) is 5.84. The molecule has 0 aliphatic heterocycles. The highest BCUT2D eigenvalue weighted by Crippen LogP contribution is 2.38. The van der Waals surface area contributed by atoms with Crippen molar-refractivity contribution >= 4 is 39.5 Å². The number of fused-ring (bicyclic) bond motifs is 1. The SMILES string of the molecule is COCCCNC(=O)c1c(NC(=O)c2nc(-c3ccco3)sc2C)sc2c1CCCC2. The van der Waals surface area contributed by atoms with Crippen LogP contribution in [0, 0.1) is 6.92 Å². The lowest BCUT2D eigenvalue weighted by molar-refractivity contribution is 0.0948. The van der Waals surface area contributed by atoms with Gasteiger partial charge in [0, 0.05) is 30.0 Å². The number of thiophene rings is 1. The molecule has 0 spiro atoms. The van der Waals surface area contributed by atoms with Crippen molar-refractivity contribution < 1.29 is 18.7 Å². The standard InChI is InChI=1S/C22H25N3O4S2/c1-13-18(24-21(30-13)15-8-5-12-29-15)20(27)25-22-17(19(26)23-10-6-11-28-2)14-7-3-4-9-16(14)31-22/h5,8,12H,3-4,6-7,9-11H2,1-2H3,(H,23,26)(H,25,27). The number of carbonyl (C=O) groups excluding carboxylic acids is 2. The molecule has 0 saturated heterocycles. The number of anilines is 1. The third-order valence-electron chi connectivity index (χ3n) is 5.18. The average molecular weight is 460 g/mol. The maximum absolute atomic E-state index is 13.1. The lowest BCUT2D eigenvalue weighted by Crippen LogP contribution is -2.27. The molecule has 9 heteroatoms. The Kier molecular flexibility index (Phi) is 6.84. The van der Waals surface area contributed by atoms with Crippen LogP contribution < -0.4 is 10.6 Å². The van der Waals surface area contributed by atoms with Gasteiger partial charge in [-0.15, -0.1) is 22.7 Å². The Morgan fingerprint density at radius 2 is 2.06 bits per heavy atom. The molecule has 0 aromatic carbocycles. The highest BCUT2D eigenvalue weighted by Gasteiger charge is 2.27. The molecule has 1 aliphatic rings. The molecular weight excluding hydrogens is 434 g/mol. The predicted octanol–water partition coefficient (Wildman–Crippen LogP) is 4.67. The highest BCUT2D eigenvalue weighted by molar-refractivity contribution is 7.17. The minimum atomic E-state index is -0.307. The van der Waals surface area contributed by atoms with Crippen LogP contribution in [0.1, 0.15) is 55.4 Å². The number of carbonyl (C=O) groups is 2. The first-order chi connectivity index (χ1) is 15.1. The van der Waals surface area contributed by atoms with Crippen molar-refractivity contribution in [1.82, 2.24) is 10.3 Å². The number of nitrogens with zero attached hydrogens (tertiary/aromatic N) is 1. The van der Waals surface area contributed by atoms with Gasteiger partial charge in [-0.1, -0.05) is 0 Å². The quantitative estimate of drug-likeness (QED) is 0.478. The molecule has 3 aromatic heterocycles. The molecule has 7 nitrogen and oxygen atoms in total. The van der Waals surface area contributed by atoms with Crippen molar-refractivity contribution in [3.05, 3.63) is 45.0 Å². The van der Waals surface area contributed by atoms with E-state index in [0.717, 1.165) is 42.5 Å². The number of rotatable bonds is 8. The summed E-state index contributed by atoms with van der Waals surface area (Å²) in [5.74, 6) is 0.186. The molecule has 0 bridgehead atoms. The van der Waals surface area contributed by atoms with Crippen LogP contribution in [0.5, 0.6) is 0 Å². The zero-order chi connectivity index (χ0) is 21.8. The Morgan fingerprint density at radius 1 is 1.23 bits per heavy atom. The molecule has 0 unspecified atom stereocenters. The third kappa shape index (κ3) is 4.73. The molecule has 0 atom stereocenters. The highest BCUT2D eigenvalue weighted by atomic mass is 32.1. The second-order valence-electron chi connectivity index (χ2n) is 7.37. The number of hydrogen-bond acceptors (Lipinski definition) is 7. The maximum atomic E-state index is 13.1. The molecule has 1 aliphatic carbocycles. The van der Waals surface area contributed by atoms with Crippen LogP contribution in [0.15, 0.2) is 22.8 Å². The van der Waals surface area contributed by atoms with Gasteiger partial charge in [-0.3, -0.25) is 9.59 Å². The summed E-state index contributed by atoms with van der Waals surface area (Å²) in [7, 11) is 1.64. The molecule has 2 N–H and O–H groups in total. The van der Waals surface area contributed by atoms with Gasteiger partial charge in [-0.05, 0) is 56.7 Å². The summed E-state index contributed by atoms with van der Waals surface area (Å²) in [4.78, 5) is 32.5. The van der Waals surface area contributed by atoms with E-state index in [9.17, 15) is 9.59 Å². The number of furan rings is 1. The number of aromatic nitrogens is 1. The fourth-order valence-electron chi connectivity index (χ4n) is 3.68. The second-order valence-corrected chi connectivity index (χ2v) is 9.68. The van der Waals surface area contributed by atoms with Crippen molar-refractivity contribution in [3.63, 3.8) is 0 Å². The summed E-state index contributed by atoms with van der Waals surface area (Å²) < 4.78 is 10.5. The minimum Gasteiger partial charge on any atom is -0.462 e. The predicted molar refractivity (Wildman–Crippen MR) is 122 cm³/mol. The van der Waals surface area contributed by atoms with E-state index in [1.807, 2.05) is 13.0 Å². The van der Waals surface area contributed by atoms with Gasteiger partial charge in [0.15, 0.2) is 10.8 Å². The van der Waals surface area contributed by atoms with Crippen LogP contribution >= 0.6 is 22.7 Å². The summed E-state index contributed by atoms with van der Waals surface area (Å²) in [6.07, 6.45) is 6.29. The van der Waals surface area contributed by atoms with Gasteiger partial charge in [0.2, 0.25) is 0 Å². The summed E-state index contributed by atoms with van der Waals surface area (Å²) >= 11 is 2.92. The molecule has 0 radical (unpaired) electrons. The number of ether oxygens (including phenoxy) is 1. The Labute approximate surface area is 188 Å². The van der Waals surface area contributed by atoms with Crippen LogP contribution in [0.2, 0.25) is 0 Å². The first-order valence-corrected chi connectivity index (χ1v) is 12.0. The van der Waals surface area contributed by atoms with Gasteiger partial charge in [0.25, 0.3) is 11.8 Å². The van der Waals surface area contributed by atoms with E-state index in [2.05, 4.69) is 15.6 Å². The maximum Gasteiger partial charge on any atom is 0.276 e. The zero-order valence-corrected chi connectivity index (χ0v) is 19.2. The molecular formula is C22H25N3O4S2. The van der Waals surface area contributed by atoms with E-state index in [1.165, 1.54) is 27.6 Å². The number of amides is 2. The molecule has 2 amide bonds. The number of thiazole rings is 1. The van der Waals surface area contributed by atoms with E-state index in [1.54, 1.807) is 19.4 Å². The summed E-state index contributed by atoms with van der Waals surface area (Å²) in [6.45, 7) is 2.98. The number of aryl methyl sites for hydroxylation is 2. The van der Waals surface area contributed by atoms with Gasteiger partial charge in [-0.25, -0.2) is 4.98 Å². The third-order valence-corrected chi connectivity index (χ3v) is 7.37. The van der Waals surface area contributed by atoms with E-state index >= 15 is 0 Å². The Balaban J connectivity index is 1.57. The van der Waals surface area contributed by atoms with Gasteiger partial charge in [0.05, 0.1) is 11.8 Å². The van der Waals surface area contributed by atoms with Crippen LogP contribution in [-0.2, 0) is 17.6 Å². The molecule has 3 aromatic rings. The summed E-state index contributed by atoms with van der Waals surface area (Å²) in [5.41, 5.74) is 2.03. The van der Waals surface area contributed by atoms with Gasteiger partial charge in [0.1, 0.15) is 10.7 Å². The van der Waals surface area contributed by atoms with Gasteiger partial charge < -0.3 is 19.8 Å². The molecule has 0 fully saturated rings. The van der Waals surface area contributed by atoms with Crippen molar-refractivity contribution in [2.24, 2.45) is 0 Å². The van der Waals surface area contributed by atoms with Crippen LogP contribution in [0.4, 0.5) is 5.00 Å². The van der Waals surface area contributed by atoms with Crippen molar-refractivity contribution in [1.29, 1.82) is 0 Å². The number of methoxy groups -OCH3 is 1. The van der Waals surface area contributed by atoms with E-state index in [4.69, 9.17) is 9.15 Å². The average Bonchev–Trinajstić information content (AvgIpc) is 3.49. The Bertz CT molecular complexity index is 1070. The minimum absolute atomic E-state index is 0.142. The molecule has 164 valence electrons. The van der Waals surface area contributed by atoms with Crippen LogP contribution in [-0.4, -0.2) is 37.1 Å². The molecule has 0 saturated carbocycles. The van der Waals surface area contributed by atoms with Crippen molar-refractivity contribution in [3.8, 4) is 10.8 Å². The smallest absolute Gasteiger partial charge is 0.276 e.